The van der Waals surface area contributed by atoms with Gasteiger partial charge >= 0.3 is 0 Å². The number of ether oxygens (including phenoxy) is 1. The summed E-state index contributed by atoms with van der Waals surface area (Å²) in [4.78, 5) is 12.5. The maximum absolute atomic E-state index is 12.5. The lowest BCUT2D eigenvalue weighted by Crippen LogP contribution is -2.14. The van der Waals surface area contributed by atoms with Gasteiger partial charge in [-0.3, -0.25) is 4.79 Å². The molecule has 1 amide bonds. The highest BCUT2D eigenvalue weighted by molar-refractivity contribution is 14.1. The third-order valence-corrected chi connectivity index (χ3v) is 5.50. The molecule has 2 aromatic carbocycles. The Morgan fingerprint density at radius 2 is 1.96 bits per heavy atom. The number of anilines is 1. The maximum Gasteiger partial charge on any atom is 0.266 e. The third kappa shape index (κ3) is 5.56. The van der Waals surface area contributed by atoms with Crippen molar-refractivity contribution in [2.75, 3.05) is 11.9 Å². The van der Waals surface area contributed by atoms with Crippen molar-refractivity contribution in [1.29, 1.82) is 5.26 Å². The van der Waals surface area contributed by atoms with Crippen molar-refractivity contribution in [3.63, 3.8) is 0 Å². The van der Waals surface area contributed by atoms with E-state index in [-0.39, 0.29) is 5.57 Å². The van der Waals surface area contributed by atoms with E-state index >= 15 is 0 Å². The van der Waals surface area contributed by atoms with Gasteiger partial charge in [-0.2, -0.15) is 5.26 Å². The molecule has 1 N–H and O–H groups in total. The Hall–Kier alpha value is -1.86. The molecule has 0 atom stereocenters. The normalized spacial score (nSPS) is 10.9. The lowest BCUT2D eigenvalue weighted by Gasteiger charge is -2.11. The van der Waals surface area contributed by atoms with Crippen molar-refractivity contribution in [2.24, 2.45) is 0 Å². The van der Waals surface area contributed by atoms with Crippen LogP contribution >= 0.6 is 45.2 Å². The number of nitriles is 1. The third-order valence-electron chi connectivity index (χ3n) is 3.90. The molecule has 0 aromatic heterocycles. The van der Waals surface area contributed by atoms with Crippen LogP contribution in [0.5, 0.6) is 5.75 Å². The van der Waals surface area contributed by atoms with Crippen molar-refractivity contribution in [2.45, 2.75) is 13.8 Å². The second-order valence-electron chi connectivity index (χ2n) is 5.78. The van der Waals surface area contributed by atoms with Crippen LogP contribution in [0.2, 0.25) is 0 Å². The minimum Gasteiger partial charge on any atom is -0.487 e. The maximum atomic E-state index is 12.5. The van der Waals surface area contributed by atoms with Crippen LogP contribution in [0.1, 0.15) is 16.7 Å². The number of amides is 1. The lowest BCUT2D eigenvalue weighted by molar-refractivity contribution is -0.112. The summed E-state index contributed by atoms with van der Waals surface area (Å²) in [6, 6.07) is 11.4. The first kappa shape index (κ1) is 21.4. The molecule has 0 radical (unpaired) electrons. The van der Waals surface area contributed by atoms with E-state index in [0.717, 1.165) is 29.6 Å². The Labute approximate surface area is 186 Å². The first-order valence-corrected chi connectivity index (χ1v) is 10.2. The van der Waals surface area contributed by atoms with Gasteiger partial charge in [-0.1, -0.05) is 24.8 Å². The molecule has 27 heavy (non-hydrogen) atoms. The van der Waals surface area contributed by atoms with Crippen molar-refractivity contribution in [1.82, 2.24) is 0 Å². The van der Waals surface area contributed by atoms with Crippen LogP contribution < -0.4 is 10.1 Å². The van der Waals surface area contributed by atoms with Crippen LogP contribution in [0.4, 0.5) is 5.69 Å². The topological polar surface area (TPSA) is 62.1 Å². The van der Waals surface area contributed by atoms with Crippen molar-refractivity contribution in [3.05, 3.63) is 72.4 Å². The van der Waals surface area contributed by atoms with E-state index in [9.17, 15) is 10.1 Å². The Morgan fingerprint density at radius 1 is 1.30 bits per heavy atom. The number of nitrogens with one attached hydrogen (secondary N) is 1. The Bertz CT molecular complexity index is 936. The Balaban J connectivity index is 2.30. The van der Waals surface area contributed by atoms with Crippen molar-refractivity contribution in [3.8, 4) is 11.8 Å². The van der Waals surface area contributed by atoms with Crippen LogP contribution in [0, 0.1) is 32.3 Å². The van der Waals surface area contributed by atoms with Gasteiger partial charge in [0.05, 0.1) is 7.14 Å². The minimum absolute atomic E-state index is 0.0438. The molecule has 0 saturated heterocycles. The number of rotatable bonds is 6. The SMILES string of the molecule is C=CCOc1c(I)cc(/C=C(\C#N)C(=O)Nc2cccc(C)c2C)cc1I. The van der Waals surface area contributed by atoms with Crippen molar-refractivity contribution < 1.29 is 9.53 Å². The second kappa shape index (κ2) is 9.90. The Kier molecular flexibility index (Phi) is 7.86. The number of halogens is 2. The Morgan fingerprint density at radius 3 is 2.56 bits per heavy atom. The quantitative estimate of drug-likeness (QED) is 0.208. The molecule has 2 aromatic rings. The number of hydrogen-bond donors (Lipinski definition) is 1. The minimum atomic E-state index is -0.428. The average Bonchev–Trinajstić information content (AvgIpc) is 2.62. The summed E-state index contributed by atoms with van der Waals surface area (Å²) in [6.07, 6.45) is 3.27. The molecule has 6 heteroatoms. The van der Waals surface area contributed by atoms with E-state index in [1.807, 2.05) is 50.2 Å². The van der Waals surface area contributed by atoms with Gasteiger partial charge < -0.3 is 10.1 Å². The monoisotopic (exact) mass is 584 g/mol. The molecule has 0 saturated carbocycles. The van der Waals surface area contributed by atoms with E-state index in [4.69, 9.17) is 4.74 Å². The fraction of sp³-hybridized carbons (Fsp3) is 0.143. The molecule has 0 spiro atoms. The second-order valence-corrected chi connectivity index (χ2v) is 8.11. The molecular weight excluding hydrogens is 566 g/mol. The largest absolute Gasteiger partial charge is 0.487 e. The zero-order chi connectivity index (χ0) is 20.0. The van der Waals surface area contributed by atoms with Crippen LogP contribution in [0.15, 0.2) is 48.6 Å². The number of nitrogens with zero attached hydrogens (tertiary/aromatic N) is 1. The van der Waals surface area contributed by atoms with Gasteiger partial charge in [-0.15, -0.1) is 0 Å². The van der Waals surface area contributed by atoms with Gasteiger partial charge in [0, 0.05) is 5.69 Å². The predicted molar refractivity (Wildman–Crippen MR) is 126 cm³/mol. The van der Waals surface area contributed by atoms with Gasteiger partial charge in [0.1, 0.15) is 24.0 Å². The summed E-state index contributed by atoms with van der Waals surface area (Å²) in [5, 5.41) is 12.3. The van der Waals surface area contributed by atoms with Crippen LogP contribution in [-0.4, -0.2) is 12.5 Å². The van der Waals surface area contributed by atoms with E-state index in [1.54, 1.807) is 12.2 Å². The number of aryl methyl sites for hydroxylation is 1. The molecule has 0 fully saturated rings. The highest BCUT2D eigenvalue weighted by atomic mass is 127. The van der Waals surface area contributed by atoms with E-state index in [0.29, 0.717) is 12.3 Å². The van der Waals surface area contributed by atoms with E-state index < -0.39 is 5.91 Å². The van der Waals surface area contributed by atoms with Gasteiger partial charge in [0.2, 0.25) is 0 Å². The summed E-state index contributed by atoms with van der Waals surface area (Å²) in [5.41, 5.74) is 3.58. The molecule has 0 heterocycles. The highest BCUT2D eigenvalue weighted by Gasteiger charge is 2.13. The molecule has 4 nitrogen and oxygen atoms in total. The molecular formula is C21H18I2N2O2. The number of carbonyl (C=O) groups is 1. The number of benzene rings is 2. The number of hydrogen-bond acceptors (Lipinski definition) is 3. The molecule has 0 unspecified atom stereocenters. The molecule has 2 rings (SSSR count). The molecule has 0 aliphatic rings. The van der Waals surface area contributed by atoms with Crippen LogP contribution in [0.3, 0.4) is 0 Å². The number of carbonyl (C=O) groups excluding carboxylic acids is 1. The molecule has 0 bridgehead atoms. The fourth-order valence-electron chi connectivity index (χ4n) is 2.33. The standard InChI is InChI=1S/C21H18I2N2O2/c1-4-8-27-20-17(22)10-15(11-18(20)23)9-16(12-24)21(26)25-19-7-5-6-13(2)14(19)3/h4-7,9-11H,1,8H2,2-3H3,(H,25,26)/b16-9+. The molecule has 138 valence electrons. The smallest absolute Gasteiger partial charge is 0.266 e. The van der Waals surface area contributed by atoms with Crippen LogP contribution in [-0.2, 0) is 4.79 Å². The van der Waals surface area contributed by atoms with E-state index in [2.05, 4.69) is 57.1 Å². The first-order valence-electron chi connectivity index (χ1n) is 8.09. The first-order chi connectivity index (χ1) is 12.9. The van der Waals surface area contributed by atoms with Crippen LogP contribution in [0.25, 0.3) is 6.08 Å². The summed E-state index contributed by atoms with van der Waals surface area (Å²) in [5.74, 6) is 0.342. The summed E-state index contributed by atoms with van der Waals surface area (Å²) >= 11 is 4.35. The van der Waals surface area contributed by atoms with E-state index in [1.165, 1.54) is 0 Å². The highest BCUT2D eigenvalue weighted by Crippen LogP contribution is 2.30. The molecule has 0 aliphatic heterocycles. The summed E-state index contributed by atoms with van der Waals surface area (Å²) in [7, 11) is 0. The van der Waals surface area contributed by atoms with Gasteiger partial charge in [-0.25, -0.2) is 0 Å². The average molecular weight is 584 g/mol. The summed E-state index contributed by atoms with van der Waals surface area (Å²) in [6.45, 7) is 7.98. The zero-order valence-electron chi connectivity index (χ0n) is 15.0. The predicted octanol–water partition coefficient (Wildman–Crippen LogP) is 5.62. The van der Waals surface area contributed by atoms with Gasteiger partial charge in [0.25, 0.3) is 5.91 Å². The zero-order valence-corrected chi connectivity index (χ0v) is 19.3. The fourth-order valence-corrected chi connectivity index (χ4v) is 4.46. The summed E-state index contributed by atoms with van der Waals surface area (Å²) < 4.78 is 7.46. The molecule has 0 aliphatic carbocycles. The van der Waals surface area contributed by atoms with Gasteiger partial charge in [0.15, 0.2) is 0 Å². The van der Waals surface area contributed by atoms with Crippen molar-refractivity contribution >= 4 is 62.9 Å². The van der Waals surface area contributed by atoms with Gasteiger partial charge in [-0.05, 0) is 100.0 Å². The lowest BCUT2D eigenvalue weighted by atomic mass is 10.1.